The molecule has 0 spiro atoms. The summed E-state index contributed by atoms with van der Waals surface area (Å²) in [4.78, 5) is 23.7. The monoisotopic (exact) mass is 458 g/mol. The van der Waals surface area contributed by atoms with Crippen molar-refractivity contribution in [2.24, 2.45) is 0 Å². The van der Waals surface area contributed by atoms with Gasteiger partial charge in [-0.25, -0.2) is 4.79 Å². The number of hydrogen-bond acceptors (Lipinski definition) is 3. The van der Waals surface area contributed by atoms with Crippen LogP contribution in [0.4, 0.5) is 10.5 Å². The fourth-order valence-corrected chi connectivity index (χ4v) is 4.03. The minimum Gasteiger partial charge on any atom is -0.449 e. The number of fused-ring (bicyclic) bond motifs is 3. The number of halogens is 1. The van der Waals surface area contributed by atoms with E-state index in [0.717, 1.165) is 5.56 Å². The number of alkyl carbamates (subject to hydrolysis) is 1. The number of amides is 2. The summed E-state index contributed by atoms with van der Waals surface area (Å²) < 4.78 is 5.50. The van der Waals surface area contributed by atoms with Crippen molar-refractivity contribution in [3.63, 3.8) is 0 Å². The van der Waals surface area contributed by atoms with E-state index in [9.17, 15) is 9.59 Å². The Bertz CT molecular complexity index is 1170. The van der Waals surface area contributed by atoms with Crippen LogP contribution in [0.25, 0.3) is 11.1 Å². The molecule has 1 aliphatic rings. The normalized spacial score (nSPS) is 11.5. The summed E-state index contributed by atoms with van der Waals surface area (Å²) >= 11 is 5.56. The largest absolute Gasteiger partial charge is 0.449 e. The summed E-state index contributed by atoms with van der Waals surface area (Å²) in [6.45, 7) is 0.440. The highest BCUT2D eigenvalue weighted by atomic mass is 35.5. The van der Waals surface area contributed by atoms with Crippen LogP contribution in [0.5, 0.6) is 0 Å². The van der Waals surface area contributed by atoms with Gasteiger partial charge in [0.1, 0.15) is 6.61 Å². The Balaban J connectivity index is 1.27. The molecule has 3 aromatic carbocycles. The van der Waals surface area contributed by atoms with Gasteiger partial charge in [-0.05, 0) is 46.5 Å². The van der Waals surface area contributed by atoms with Crippen LogP contribution in [0.15, 0.2) is 72.8 Å². The Hall–Kier alpha value is -3.75. The maximum absolute atomic E-state index is 12.2. The number of nitrogens with one attached hydrogen (secondary N) is 2. The van der Waals surface area contributed by atoms with Gasteiger partial charge in [-0.3, -0.25) is 4.79 Å². The molecule has 0 saturated heterocycles. The van der Waals surface area contributed by atoms with E-state index in [0.29, 0.717) is 5.69 Å². The number of carbonyl (C=O) groups is 2. The van der Waals surface area contributed by atoms with Gasteiger partial charge in [-0.2, -0.15) is 0 Å². The first-order valence-corrected chi connectivity index (χ1v) is 11.2. The van der Waals surface area contributed by atoms with Crippen LogP contribution in [-0.4, -0.2) is 31.0 Å². The average Bonchev–Trinajstić information content (AvgIpc) is 3.15. The van der Waals surface area contributed by atoms with Crippen LogP contribution in [0.1, 0.15) is 29.0 Å². The number of benzene rings is 3. The molecule has 2 N–H and O–H groups in total. The Labute approximate surface area is 198 Å². The summed E-state index contributed by atoms with van der Waals surface area (Å²) in [5.41, 5.74) is 6.20. The molecule has 166 valence electrons. The van der Waals surface area contributed by atoms with Gasteiger partial charge in [0, 0.05) is 29.5 Å². The lowest BCUT2D eigenvalue weighted by Crippen LogP contribution is -2.26. The first-order chi connectivity index (χ1) is 16.2. The van der Waals surface area contributed by atoms with Crippen molar-refractivity contribution < 1.29 is 14.3 Å². The van der Waals surface area contributed by atoms with E-state index in [4.69, 9.17) is 16.3 Å². The number of rotatable bonds is 6. The standard InChI is InChI=1S/C27H23ClN2O3/c28-16-15-26(31)30-20-13-11-19(12-14-20)6-5-17-29-27(32)33-18-25-23-9-3-1-7-21(23)22-8-2-4-10-24(22)25/h1-4,7-14,25H,15-18H2,(H,29,32)(H,30,31). The molecule has 2 amide bonds. The third-order valence-electron chi connectivity index (χ3n) is 5.39. The van der Waals surface area contributed by atoms with Crippen molar-refractivity contribution in [2.45, 2.75) is 12.3 Å². The minimum absolute atomic E-state index is 0.0256. The van der Waals surface area contributed by atoms with Crippen molar-refractivity contribution in [1.82, 2.24) is 5.32 Å². The molecule has 33 heavy (non-hydrogen) atoms. The third-order valence-corrected chi connectivity index (χ3v) is 5.58. The van der Waals surface area contributed by atoms with Gasteiger partial charge in [0.25, 0.3) is 0 Å². The highest BCUT2D eigenvalue weighted by Crippen LogP contribution is 2.44. The summed E-state index contributed by atoms with van der Waals surface area (Å²) in [6, 6.07) is 23.6. The maximum Gasteiger partial charge on any atom is 0.407 e. The lowest BCUT2D eigenvalue weighted by Gasteiger charge is -2.14. The molecule has 0 saturated carbocycles. The first-order valence-electron chi connectivity index (χ1n) is 10.7. The second-order valence-corrected chi connectivity index (χ2v) is 7.92. The second-order valence-electron chi connectivity index (χ2n) is 7.55. The molecule has 5 nitrogen and oxygen atoms in total. The van der Waals surface area contributed by atoms with Crippen molar-refractivity contribution >= 4 is 29.3 Å². The highest BCUT2D eigenvalue weighted by molar-refractivity contribution is 6.19. The van der Waals surface area contributed by atoms with E-state index in [-0.39, 0.29) is 37.3 Å². The first kappa shape index (κ1) is 22.4. The molecule has 0 unspecified atom stereocenters. The Morgan fingerprint density at radius 1 is 0.909 bits per heavy atom. The molecule has 3 aromatic rings. The van der Waals surface area contributed by atoms with Crippen LogP contribution < -0.4 is 10.6 Å². The predicted molar refractivity (Wildman–Crippen MR) is 130 cm³/mol. The molecule has 6 heteroatoms. The number of anilines is 1. The van der Waals surface area contributed by atoms with Crippen molar-refractivity contribution in [1.29, 1.82) is 0 Å². The van der Waals surface area contributed by atoms with Crippen LogP contribution in [-0.2, 0) is 9.53 Å². The van der Waals surface area contributed by atoms with E-state index in [2.05, 4.69) is 46.7 Å². The second kappa shape index (κ2) is 10.7. The van der Waals surface area contributed by atoms with E-state index < -0.39 is 6.09 Å². The summed E-state index contributed by atoms with van der Waals surface area (Å²) in [6.07, 6.45) is -0.228. The fourth-order valence-electron chi connectivity index (χ4n) is 3.86. The molecule has 0 aliphatic heterocycles. The Kier molecular flexibility index (Phi) is 7.29. The lowest BCUT2D eigenvalue weighted by atomic mass is 9.98. The van der Waals surface area contributed by atoms with E-state index >= 15 is 0 Å². The minimum atomic E-state index is -0.497. The molecule has 0 fully saturated rings. The smallest absolute Gasteiger partial charge is 0.407 e. The van der Waals surface area contributed by atoms with Crippen LogP contribution >= 0.6 is 11.6 Å². The zero-order chi connectivity index (χ0) is 23.0. The molecule has 0 heterocycles. The predicted octanol–water partition coefficient (Wildman–Crippen LogP) is 5.14. The average molecular weight is 459 g/mol. The number of alkyl halides is 1. The van der Waals surface area contributed by atoms with Crippen molar-refractivity contribution in [2.75, 3.05) is 24.3 Å². The highest BCUT2D eigenvalue weighted by Gasteiger charge is 2.28. The number of carbonyl (C=O) groups excluding carboxylic acids is 2. The Morgan fingerprint density at radius 2 is 1.55 bits per heavy atom. The quantitative estimate of drug-likeness (QED) is 0.397. The zero-order valence-electron chi connectivity index (χ0n) is 17.9. The van der Waals surface area contributed by atoms with Gasteiger partial charge in [0.05, 0.1) is 6.54 Å². The van der Waals surface area contributed by atoms with E-state index in [1.165, 1.54) is 22.3 Å². The molecule has 1 aliphatic carbocycles. The summed E-state index contributed by atoms with van der Waals surface area (Å²) in [7, 11) is 0. The molecule has 0 bridgehead atoms. The van der Waals surface area contributed by atoms with Crippen molar-refractivity contribution in [3.05, 3.63) is 89.5 Å². The van der Waals surface area contributed by atoms with Gasteiger partial charge in [-0.15, -0.1) is 11.6 Å². The third kappa shape index (κ3) is 5.54. The Morgan fingerprint density at radius 3 is 2.18 bits per heavy atom. The van der Waals surface area contributed by atoms with Crippen LogP contribution in [0, 0.1) is 11.8 Å². The maximum atomic E-state index is 12.2. The van der Waals surface area contributed by atoms with E-state index in [1.807, 2.05) is 24.3 Å². The zero-order valence-corrected chi connectivity index (χ0v) is 18.7. The van der Waals surface area contributed by atoms with Crippen LogP contribution in [0.2, 0.25) is 0 Å². The molecular formula is C27H23ClN2O3. The molecular weight excluding hydrogens is 436 g/mol. The molecule has 0 aromatic heterocycles. The van der Waals surface area contributed by atoms with Gasteiger partial charge < -0.3 is 15.4 Å². The number of ether oxygens (including phenoxy) is 1. The SMILES string of the molecule is O=C(CCCl)Nc1ccc(C#CCNC(=O)OCC2c3ccccc3-c3ccccc32)cc1. The number of hydrogen-bond donors (Lipinski definition) is 2. The van der Waals surface area contributed by atoms with E-state index in [1.54, 1.807) is 24.3 Å². The van der Waals surface area contributed by atoms with Crippen LogP contribution in [0.3, 0.4) is 0 Å². The molecule has 0 atom stereocenters. The van der Waals surface area contributed by atoms with Gasteiger partial charge >= 0.3 is 6.09 Å². The van der Waals surface area contributed by atoms with Gasteiger partial charge in [0.15, 0.2) is 0 Å². The molecule has 0 radical (unpaired) electrons. The van der Waals surface area contributed by atoms with Crippen molar-refractivity contribution in [3.8, 4) is 23.0 Å². The molecule has 4 rings (SSSR count). The lowest BCUT2D eigenvalue weighted by molar-refractivity contribution is -0.115. The fraction of sp³-hybridized carbons (Fsp3) is 0.185. The topological polar surface area (TPSA) is 67.4 Å². The van der Waals surface area contributed by atoms with Gasteiger partial charge in [0.2, 0.25) is 5.91 Å². The van der Waals surface area contributed by atoms with Gasteiger partial charge in [-0.1, -0.05) is 60.4 Å². The summed E-state index contributed by atoms with van der Waals surface area (Å²) in [5.74, 6) is 6.06. The summed E-state index contributed by atoms with van der Waals surface area (Å²) in [5, 5.41) is 5.43.